The first-order valence-corrected chi connectivity index (χ1v) is 5.44. The Bertz CT molecular complexity index is 306. The van der Waals surface area contributed by atoms with E-state index in [4.69, 9.17) is 10.8 Å². The lowest BCUT2D eigenvalue weighted by Gasteiger charge is -2.08. The second-order valence-electron chi connectivity index (χ2n) is 3.29. The van der Waals surface area contributed by atoms with Crippen molar-refractivity contribution in [1.82, 2.24) is 9.97 Å². The van der Waals surface area contributed by atoms with Gasteiger partial charge in [0.1, 0.15) is 17.2 Å². The van der Waals surface area contributed by atoms with Crippen molar-refractivity contribution >= 4 is 17.6 Å². The maximum atomic E-state index is 8.87. The van der Waals surface area contributed by atoms with Crippen LogP contribution in [-0.4, -0.2) is 27.4 Å². The molecule has 1 unspecified atom stereocenters. The lowest BCUT2D eigenvalue weighted by molar-refractivity contribution is 0.250. The third-order valence-corrected chi connectivity index (χ3v) is 3.31. The molecule has 0 aliphatic heterocycles. The highest BCUT2D eigenvalue weighted by molar-refractivity contribution is 7.99. The number of nitrogens with two attached hydrogens (primary N) is 1. The van der Waals surface area contributed by atoms with Crippen LogP contribution >= 0.6 is 11.8 Å². The maximum Gasteiger partial charge on any atom is 0.130 e. The van der Waals surface area contributed by atoms with E-state index < -0.39 is 0 Å². The molecule has 1 aromatic heterocycles. The summed E-state index contributed by atoms with van der Waals surface area (Å²) in [6, 6.07) is 0. The second kappa shape index (κ2) is 5.17. The molecule has 0 amide bonds. The molecule has 3 N–H and O–H groups in total. The van der Waals surface area contributed by atoms with Crippen molar-refractivity contribution in [2.75, 3.05) is 18.1 Å². The summed E-state index contributed by atoms with van der Waals surface area (Å²) in [5, 5.41) is 9.77. The number of aromatic nitrogens is 2. The summed E-state index contributed by atoms with van der Waals surface area (Å²) in [6.07, 6.45) is 1.47. The van der Waals surface area contributed by atoms with Gasteiger partial charge >= 0.3 is 0 Å². The predicted molar refractivity (Wildman–Crippen MR) is 58.2 cm³/mol. The number of anilines is 1. The van der Waals surface area contributed by atoms with Gasteiger partial charge in [0.2, 0.25) is 0 Å². The van der Waals surface area contributed by atoms with E-state index in [2.05, 4.69) is 9.97 Å². The van der Waals surface area contributed by atoms with Gasteiger partial charge in [-0.25, -0.2) is 9.97 Å². The van der Waals surface area contributed by atoms with Gasteiger partial charge < -0.3 is 10.8 Å². The van der Waals surface area contributed by atoms with Gasteiger partial charge in [-0.2, -0.15) is 0 Å². The molecule has 0 spiro atoms. The zero-order valence-electron chi connectivity index (χ0n) is 8.40. The van der Waals surface area contributed by atoms with Crippen LogP contribution in [0.2, 0.25) is 0 Å². The first-order chi connectivity index (χ1) is 6.65. The molecule has 1 heterocycles. The normalized spacial score (nSPS) is 12.8. The van der Waals surface area contributed by atoms with Crippen molar-refractivity contribution in [1.29, 1.82) is 0 Å². The van der Waals surface area contributed by atoms with Crippen LogP contribution in [0.1, 0.15) is 12.5 Å². The zero-order chi connectivity index (χ0) is 10.6. The number of rotatable bonds is 4. The van der Waals surface area contributed by atoms with Gasteiger partial charge in [-0.3, -0.25) is 0 Å². The van der Waals surface area contributed by atoms with Gasteiger partial charge in [0.05, 0.1) is 0 Å². The van der Waals surface area contributed by atoms with Crippen LogP contribution in [-0.2, 0) is 0 Å². The van der Waals surface area contributed by atoms with E-state index in [0.29, 0.717) is 5.82 Å². The first-order valence-electron chi connectivity index (χ1n) is 4.46. The Labute approximate surface area is 88.0 Å². The molecule has 1 aromatic rings. The average Bonchev–Trinajstić information content (AvgIpc) is 2.20. The summed E-state index contributed by atoms with van der Waals surface area (Å²) in [4.78, 5) is 8.03. The van der Waals surface area contributed by atoms with Gasteiger partial charge in [0, 0.05) is 17.9 Å². The smallest absolute Gasteiger partial charge is 0.130 e. The summed E-state index contributed by atoms with van der Waals surface area (Å²) in [6.45, 7) is 4.10. The van der Waals surface area contributed by atoms with E-state index in [9.17, 15) is 0 Å². The number of thioether (sulfide) groups is 1. The molecule has 0 radical (unpaired) electrons. The molecule has 0 aliphatic carbocycles. The van der Waals surface area contributed by atoms with Gasteiger partial charge in [-0.15, -0.1) is 11.8 Å². The predicted octanol–water partition coefficient (Wildman–Crippen LogP) is 1.09. The van der Waals surface area contributed by atoms with E-state index in [0.717, 1.165) is 16.3 Å². The third-order valence-electron chi connectivity index (χ3n) is 1.89. The summed E-state index contributed by atoms with van der Waals surface area (Å²) >= 11 is 1.60. The molecule has 78 valence electrons. The van der Waals surface area contributed by atoms with Crippen LogP contribution in [0, 0.1) is 12.8 Å². The van der Waals surface area contributed by atoms with E-state index >= 15 is 0 Å². The number of aliphatic hydroxyl groups is 1. The van der Waals surface area contributed by atoms with Crippen LogP contribution in [0.5, 0.6) is 0 Å². The molecule has 0 saturated carbocycles. The van der Waals surface area contributed by atoms with Crippen molar-refractivity contribution in [2.45, 2.75) is 18.9 Å². The Morgan fingerprint density at radius 3 is 2.93 bits per heavy atom. The maximum absolute atomic E-state index is 8.87. The largest absolute Gasteiger partial charge is 0.396 e. The highest BCUT2D eigenvalue weighted by Gasteiger charge is 2.07. The molecule has 14 heavy (non-hydrogen) atoms. The molecule has 0 aliphatic rings. The molecule has 5 heteroatoms. The van der Waals surface area contributed by atoms with Crippen molar-refractivity contribution in [3.8, 4) is 0 Å². The monoisotopic (exact) mass is 213 g/mol. The van der Waals surface area contributed by atoms with E-state index in [1.807, 2.05) is 13.8 Å². The highest BCUT2D eigenvalue weighted by atomic mass is 32.2. The molecular formula is C9H15N3OS. The number of hydrogen-bond acceptors (Lipinski definition) is 5. The average molecular weight is 213 g/mol. The summed E-state index contributed by atoms with van der Waals surface area (Å²) in [7, 11) is 0. The van der Waals surface area contributed by atoms with Crippen molar-refractivity contribution in [3.05, 3.63) is 11.9 Å². The van der Waals surface area contributed by atoms with Crippen LogP contribution in [0.15, 0.2) is 11.4 Å². The van der Waals surface area contributed by atoms with Crippen LogP contribution in [0.25, 0.3) is 0 Å². The number of nitrogens with zero attached hydrogens (tertiary/aromatic N) is 2. The van der Waals surface area contributed by atoms with Gasteiger partial charge in [0.15, 0.2) is 0 Å². The molecule has 0 fully saturated rings. The lowest BCUT2D eigenvalue weighted by Crippen LogP contribution is -2.04. The lowest BCUT2D eigenvalue weighted by atomic mass is 10.2. The fourth-order valence-corrected chi connectivity index (χ4v) is 1.86. The molecule has 0 saturated heterocycles. The molecule has 0 aromatic carbocycles. The fourth-order valence-electron chi connectivity index (χ4n) is 0.866. The minimum Gasteiger partial charge on any atom is -0.396 e. The summed E-state index contributed by atoms with van der Waals surface area (Å²) < 4.78 is 0. The highest BCUT2D eigenvalue weighted by Crippen LogP contribution is 2.23. The van der Waals surface area contributed by atoms with Crippen LogP contribution in [0.3, 0.4) is 0 Å². The zero-order valence-corrected chi connectivity index (χ0v) is 9.21. The van der Waals surface area contributed by atoms with Crippen molar-refractivity contribution in [3.63, 3.8) is 0 Å². The minimum atomic E-state index is 0.201. The second-order valence-corrected chi connectivity index (χ2v) is 4.30. The topological polar surface area (TPSA) is 72.0 Å². The first kappa shape index (κ1) is 11.3. The van der Waals surface area contributed by atoms with Gasteiger partial charge in [-0.05, 0) is 12.8 Å². The molecule has 4 nitrogen and oxygen atoms in total. The molecular weight excluding hydrogens is 198 g/mol. The Hall–Kier alpha value is -0.810. The Kier molecular flexibility index (Phi) is 4.16. The van der Waals surface area contributed by atoms with Crippen LogP contribution < -0.4 is 5.73 Å². The minimum absolute atomic E-state index is 0.201. The third kappa shape index (κ3) is 2.85. The van der Waals surface area contributed by atoms with Crippen molar-refractivity contribution in [2.24, 2.45) is 5.92 Å². The molecule has 0 bridgehead atoms. The quantitative estimate of drug-likeness (QED) is 0.578. The summed E-state index contributed by atoms with van der Waals surface area (Å²) in [5.74, 6) is 1.64. The van der Waals surface area contributed by atoms with Gasteiger partial charge in [-0.1, -0.05) is 6.92 Å². The van der Waals surface area contributed by atoms with E-state index in [-0.39, 0.29) is 12.5 Å². The SMILES string of the molecule is Cc1c(N)ncnc1SCC(C)CO. The Morgan fingerprint density at radius 2 is 2.29 bits per heavy atom. The van der Waals surface area contributed by atoms with Gasteiger partial charge in [0.25, 0.3) is 0 Å². The van der Waals surface area contributed by atoms with E-state index in [1.165, 1.54) is 6.33 Å². The number of hydrogen-bond donors (Lipinski definition) is 2. The number of aliphatic hydroxyl groups excluding tert-OH is 1. The molecule has 1 rings (SSSR count). The van der Waals surface area contributed by atoms with Crippen LogP contribution in [0.4, 0.5) is 5.82 Å². The fraction of sp³-hybridized carbons (Fsp3) is 0.556. The Balaban J connectivity index is 2.63. The van der Waals surface area contributed by atoms with E-state index in [1.54, 1.807) is 11.8 Å². The standard InChI is InChI=1S/C9H15N3OS/c1-6(3-13)4-14-9-7(2)8(10)11-5-12-9/h5-6,13H,3-4H2,1-2H3,(H2,10,11,12). The summed E-state index contributed by atoms with van der Waals surface area (Å²) in [5.41, 5.74) is 6.56. The molecule has 1 atom stereocenters. The number of nitrogen functional groups attached to an aromatic ring is 1. The van der Waals surface area contributed by atoms with Crippen molar-refractivity contribution < 1.29 is 5.11 Å². The Morgan fingerprint density at radius 1 is 1.57 bits per heavy atom.